The highest BCUT2D eigenvalue weighted by molar-refractivity contribution is 6.14. The minimum absolute atomic E-state index is 0.572. The Labute approximate surface area is 264 Å². The molecule has 5 heteroatoms. The highest BCUT2D eigenvalue weighted by atomic mass is 15.0. The van der Waals surface area contributed by atoms with E-state index in [1.807, 2.05) is 30.5 Å². The van der Waals surface area contributed by atoms with Gasteiger partial charge in [0.15, 0.2) is 17.5 Å². The van der Waals surface area contributed by atoms with E-state index in [1.165, 1.54) is 21.5 Å². The SMILES string of the molecule is c1ccc2c(c1)cc(-c1nc(-c3ccc(-c4ccncc4)nc3)nc(-c3cc4ccccc4c4ccccc34)n1)c1ccccc12. The molecule has 9 rings (SSSR count). The summed E-state index contributed by atoms with van der Waals surface area (Å²) >= 11 is 0. The first-order chi connectivity index (χ1) is 22.8. The van der Waals surface area contributed by atoms with Gasteiger partial charge in [0.2, 0.25) is 0 Å². The van der Waals surface area contributed by atoms with E-state index >= 15 is 0 Å². The highest BCUT2D eigenvalue weighted by Gasteiger charge is 2.18. The molecule has 0 aliphatic carbocycles. The Kier molecular flexibility index (Phi) is 6.06. The van der Waals surface area contributed by atoms with Gasteiger partial charge in [-0.05, 0) is 79.5 Å². The van der Waals surface area contributed by atoms with Crippen molar-refractivity contribution < 1.29 is 0 Å². The average Bonchev–Trinajstić information content (AvgIpc) is 3.14. The van der Waals surface area contributed by atoms with Crippen molar-refractivity contribution in [3.05, 3.63) is 152 Å². The molecule has 0 aliphatic rings. The quantitative estimate of drug-likeness (QED) is 0.192. The van der Waals surface area contributed by atoms with Gasteiger partial charge in [-0.1, -0.05) is 97.1 Å². The van der Waals surface area contributed by atoms with Crippen LogP contribution in [0.4, 0.5) is 0 Å². The third-order valence-electron chi connectivity index (χ3n) is 8.65. The molecule has 0 unspecified atom stereocenters. The molecule has 214 valence electrons. The number of fused-ring (bicyclic) bond motifs is 6. The van der Waals surface area contributed by atoms with Crippen LogP contribution in [0.25, 0.3) is 88.5 Å². The summed E-state index contributed by atoms with van der Waals surface area (Å²) in [7, 11) is 0. The lowest BCUT2D eigenvalue weighted by Gasteiger charge is -2.14. The van der Waals surface area contributed by atoms with Crippen molar-refractivity contribution in [2.45, 2.75) is 0 Å². The molecule has 0 radical (unpaired) electrons. The Bertz CT molecular complexity index is 2440. The van der Waals surface area contributed by atoms with Gasteiger partial charge in [-0.2, -0.15) is 0 Å². The molecule has 3 aromatic heterocycles. The lowest BCUT2D eigenvalue weighted by molar-refractivity contribution is 1.08. The maximum atomic E-state index is 5.23. The number of benzene rings is 6. The van der Waals surface area contributed by atoms with Gasteiger partial charge in [0.25, 0.3) is 0 Å². The second kappa shape index (κ2) is 10.7. The Morgan fingerprint density at radius 2 is 0.848 bits per heavy atom. The average molecular weight is 588 g/mol. The van der Waals surface area contributed by atoms with Crippen LogP contribution in [0, 0.1) is 0 Å². The van der Waals surface area contributed by atoms with Crippen LogP contribution in [0.3, 0.4) is 0 Å². The van der Waals surface area contributed by atoms with Gasteiger partial charge in [0.05, 0.1) is 5.69 Å². The minimum Gasteiger partial charge on any atom is -0.265 e. The topological polar surface area (TPSA) is 64.5 Å². The molecular weight excluding hydrogens is 562 g/mol. The predicted octanol–water partition coefficient (Wildman–Crippen LogP) is 9.94. The molecule has 46 heavy (non-hydrogen) atoms. The van der Waals surface area contributed by atoms with Crippen molar-refractivity contribution in [3.8, 4) is 45.4 Å². The molecular formula is C41H25N5. The van der Waals surface area contributed by atoms with Crippen molar-refractivity contribution >= 4 is 43.1 Å². The lowest BCUT2D eigenvalue weighted by Crippen LogP contribution is -2.01. The van der Waals surface area contributed by atoms with Crippen molar-refractivity contribution in [2.75, 3.05) is 0 Å². The summed E-state index contributed by atoms with van der Waals surface area (Å²) in [5.41, 5.74) is 4.61. The summed E-state index contributed by atoms with van der Waals surface area (Å²) in [4.78, 5) is 24.4. The smallest absolute Gasteiger partial charge is 0.165 e. The van der Waals surface area contributed by atoms with E-state index in [0.717, 1.165) is 49.5 Å². The van der Waals surface area contributed by atoms with Gasteiger partial charge in [-0.25, -0.2) is 15.0 Å². The zero-order valence-electron chi connectivity index (χ0n) is 24.7. The molecule has 9 aromatic rings. The highest BCUT2D eigenvalue weighted by Crippen LogP contribution is 2.37. The van der Waals surface area contributed by atoms with Gasteiger partial charge < -0.3 is 0 Å². The fraction of sp³-hybridized carbons (Fsp3) is 0. The Morgan fingerprint density at radius 1 is 0.370 bits per heavy atom. The Balaban J connectivity index is 1.32. The van der Waals surface area contributed by atoms with Crippen molar-refractivity contribution in [1.82, 2.24) is 24.9 Å². The van der Waals surface area contributed by atoms with Crippen LogP contribution >= 0.6 is 0 Å². The van der Waals surface area contributed by atoms with E-state index < -0.39 is 0 Å². The Hall–Kier alpha value is -6.33. The number of hydrogen-bond acceptors (Lipinski definition) is 5. The molecule has 0 amide bonds. The zero-order valence-corrected chi connectivity index (χ0v) is 24.7. The second-order valence-corrected chi connectivity index (χ2v) is 11.4. The maximum Gasteiger partial charge on any atom is 0.165 e. The van der Waals surface area contributed by atoms with E-state index in [0.29, 0.717) is 17.5 Å². The first-order valence-corrected chi connectivity index (χ1v) is 15.2. The summed E-state index contributed by atoms with van der Waals surface area (Å²) in [6, 6.07) is 46.2. The van der Waals surface area contributed by atoms with E-state index in [9.17, 15) is 0 Å². The molecule has 0 fully saturated rings. The predicted molar refractivity (Wildman–Crippen MR) is 187 cm³/mol. The fourth-order valence-corrected chi connectivity index (χ4v) is 6.44. The second-order valence-electron chi connectivity index (χ2n) is 11.4. The van der Waals surface area contributed by atoms with Crippen LogP contribution < -0.4 is 0 Å². The summed E-state index contributed by atoms with van der Waals surface area (Å²) < 4.78 is 0. The number of nitrogens with zero attached hydrogens (tertiary/aromatic N) is 5. The Morgan fingerprint density at radius 3 is 1.37 bits per heavy atom. The van der Waals surface area contributed by atoms with Gasteiger partial charge >= 0.3 is 0 Å². The summed E-state index contributed by atoms with van der Waals surface area (Å²) in [5.74, 6) is 1.82. The van der Waals surface area contributed by atoms with E-state index in [-0.39, 0.29) is 0 Å². The molecule has 0 saturated carbocycles. The summed E-state index contributed by atoms with van der Waals surface area (Å²) in [6.07, 6.45) is 5.39. The fourth-order valence-electron chi connectivity index (χ4n) is 6.44. The summed E-state index contributed by atoms with van der Waals surface area (Å²) in [5, 5.41) is 9.20. The molecule has 3 heterocycles. The third-order valence-corrected chi connectivity index (χ3v) is 8.65. The third kappa shape index (κ3) is 4.37. The molecule has 5 nitrogen and oxygen atoms in total. The van der Waals surface area contributed by atoms with Crippen LogP contribution in [-0.2, 0) is 0 Å². The van der Waals surface area contributed by atoms with Crippen LogP contribution in [0.2, 0.25) is 0 Å². The largest absolute Gasteiger partial charge is 0.265 e. The van der Waals surface area contributed by atoms with Gasteiger partial charge in [0, 0.05) is 40.8 Å². The van der Waals surface area contributed by atoms with Crippen LogP contribution in [0.15, 0.2) is 152 Å². The number of rotatable bonds is 4. The molecule has 0 bridgehead atoms. The van der Waals surface area contributed by atoms with Gasteiger partial charge in [-0.3, -0.25) is 9.97 Å². The molecule has 0 aliphatic heterocycles. The van der Waals surface area contributed by atoms with Crippen LogP contribution in [0.5, 0.6) is 0 Å². The number of hydrogen-bond donors (Lipinski definition) is 0. The first-order valence-electron chi connectivity index (χ1n) is 15.2. The molecule has 0 atom stereocenters. The van der Waals surface area contributed by atoms with E-state index in [2.05, 4.69) is 114 Å². The first kappa shape index (κ1) is 26.1. The normalized spacial score (nSPS) is 11.5. The zero-order chi connectivity index (χ0) is 30.5. The molecule has 0 spiro atoms. The van der Waals surface area contributed by atoms with Crippen LogP contribution in [0.1, 0.15) is 0 Å². The van der Waals surface area contributed by atoms with Crippen molar-refractivity contribution in [3.63, 3.8) is 0 Å². The van der Waals surface area contributed by atoms with Gasteiger partial charge in [0.1, 0.15) is 0 Å². The monoisotopic (exact) mass is 587 g/mol. The number of pyridine rings is 2. The lowest BCUT2D eigenvalue weighted by atomic mass is 9.96. The standard InChI is InChI=1S/C41H25N5/c1-3-11-30-27(9-1)23-36(34-15-7-5-13-32(30)34)40-44-39(29-17-18-38(43-25-29)26-19-21-42-22-20-26)45-41(46-40)37-24-28-10-2-4-12-31(28)33-14-6-8-16-35(33)37/h1-25H. The van der Waals surface area contributed by atoms with Crippen molar-refractivity contribution in [1.29, 1.82) is 0 Å². The van der Waals surface area contributed by atoms with Crippen LogP contribution in [-0.4, -0.2) is 24.9 Å². The van der Waals surface area contributed by atoms with Gasteiger partial charge in [-0.15, -0.1) is 0 Å². The van der Waals surface area contributed by atoms with E-state index in [1.54, 1.807) is 12.4 Å². The number of aromatic nitrogens is 5. The van der Waals surface area contributed by atoms with Crippen molar-refractivity contribution in [2.24, 2.45) is 0 Å². The molecule has 6 aromatic carbocycles. The minimum atomic E-state index is 0.572. The molecule has 0 saturated heterocycles. The van der Waals surface area contributed by atoms with E-state index in [4.69, 9.17) is 19.9 Å². The summed E-state index contributed by atoms with van der Waals surface area (Å²) in [6.45, 7) is 0. The molecule has 0 N–H and O–H groups in total. The maximum absolute atomic E-state index is 5.23.